The second-order valence-corrected chi connectivity index (χ2v) is 3.34. The Bertz CT molecular complexity index is 331. The molecule has 0 bridgehead atoms. The number of hydrogen-bond donors (Lipinski definition) is 1. The molecule has 4 heteroatoms. The molecule has 16 heavy (non-hydrogen) atoms. The minimum absolute atomic E-state index is 0.325. The third-order valence-corrected chi connectivity index (χ3v) is 2.10. The highest BCUT2D eigenvalue weighted by molar-refractivity contribution is 5.76. The zero-order valence-corrected chi connectivity index (χ0v) is 9.47. The fraction of sp³-hybridized carbons (Fsp3) is 0.417. The Morgan fingerprint density at radius 1 is 1.38 bits per heavy atom. The largest absolute Gasteiger partial charge is 0.497 e. The van der Waals surface area contributed by atoms with Gasteiger partial charge in [0.05, 0.1) is 13.7 Å². The summed E-state index contributed by atoms with van der Waals surface area (Å²) in [6.45, 7) is 2.22. The maximum atomic E-state index is 11.4. The van der Waals surface area contributed by atoms with Gasteiger partial charge in [-0.05, 0) is 24.1 Å². The Balaban J connectivity index is 2.64. The van der Waals surface area contributed by atoms with E-state index in [9.17, 15) is 9.90 Å². The Labute approximate surface area is 94.8 Å². The highest BCUT2D eigenvalue weighted by Gasteiger charge is 2.18. The van der Waals surface area contributed by atoms with Gasteiger partial charge in [-0.1, -0.05) is 19.1 Å². The van der Waals surface area contributed by atoms with E-state index < -0.39 is 12.1 Å². The molecule has 1 N–H and O–H groups in total. The van der Waals surface area contributed by atoms with E-state index in [1.54, 1.807) is 31.4 Å². The molecule has 4 nitrogen and oxygen atoms in total. The van der Waals surface area contributed by atoms with E-state index in [0.717, 1.165) is 6.42 Å². The fourth-order valence-electron chi connectivity index (χ4n) is 1.20. The van der Waals surface area contributed by atoms with Gasteiger partial charge in [0.25, 0.3) is 0 Å². The smallest absolute Gasteiger partial charge is 0.339 e. The molecule has 0 spiro atoms. The van der Waals surface area contributed by atoms with Gasteiger partial charge in [-0.2, -0.15) is 0 Å². The summed E-state index contributed by atoms with van der Waals surface area (Å²) in [4.78, 5) is 11.4. The van der Waals surface area contributed by atoms with E-state index in [4.69, 9.17) is 9.47 Å². The lowest BCUT2D eigenvalue weighted by molar-refractivity contribution is -0.153. The van der Waals surface area contributed by atoms with Crippen molar-refractivity contribution in [2.75, 3.05) is 13.7 Å². The molecule has 0 amide bonds. The van der Waals surface area contributed by atoms with Crippen molar-refractivity contribution in [3.63, 3.8) is 0 Å². The SMILES string of the molecule is CCCOC(=O)C(O)c1ccc(OC)cc1. The molecule has 0 aliphatic carbocycles. The Morgan fingerprint density at radius 2 is 2.00 bits per heavy atom. The van der Waals surface area contributed by atoms with Gasteiger partial charge < -0.3 is 14.6 Å². The van der Waals surface area contributed by atoms with E-state index in [1.807, 2.05) is 6.92 Å². The van der Waals surface area contributed by atoms with E-state index in [2.05, 4.69) is 0 Å². The standard InChI is InChI=1S/C12H16O4/c1-3-8-16-12(14)11(13)9-4-6-10(15-2)7-5-9/h4-7,11,13H,3,8H2,1-2H3. The maximum absolute atomic E-state index is 11.4. The number of carbonyl (C=O) groups excluding carboxylic acids is 1. The summed E-state index contributed by atoms with van der Waals surface area (Å²) in [6.07, 6.45) is -0.487. The van der Waals surface area contributed by atoms with Crippen LogP contribution >= 0.6 is 0 Å². The highest BCUT2D eigenvalue weighted by Crippen LogP contribution is 2.18. The van der Waals surface area contributed by atoms with Crippen molar-refractivity contribution in [2.24, 2.45) is 0 Å². The molecule has 1 rings (SSSR count). The first kappa shape index (κ1) is 12.5. The summed E-state index contributed by atoms with van der Waals surface area (Å²) < 4.78 is 9.82. The minimum Gasteiger partial charge on any atom is -0.497 e. The Morgan fingerprint density at radius 3 is 2.50 bits per heavy atom. The molecular weight excluding hydrogens is 208 g/mol. The van der Waals surface area contributed by atoms with Crippen LogP contribution in [0, 0.1) is 0 Å². The van der Waals surface area contributed by atoms with Gasteiger partial charge in [-0.25, -0.2) is 4.79 Å². The van der Waals surface area contributed by atoms with Gasteiger partial charge in [-0.15, -0.1) is 0 Å². The lowest BCUT2D eigenvalue weighted by Crippen LogP contribution is -2.15. The second-order valence-electron chi connectivity index (χ2n) is 3.34. The molecule has 0 aliphatic heterocycles. The van der Waals surface area contributed by atoms with Crippen LogP contribution in [0.25, 0.3) is 0 Å². The molecule has 0 fully saturated rings. The van der Waals surface area contributed by atoms with Crippen LogP contribution in [0.2, 0.25) is 0 Å². The van der Waals surface area contributed by atoms with Crippen LogP contribution in [-0.4, -0.2) is 24.8 Å². The summed E-state index contributed by atoms with van der Waals surface area (Å²) in [5, 5.41) is 9.66. The summed E-state index contributed by atoms with van der Waals surface area (Å²) in [5.74, 6) is 0.0601. The quantitative estimate of drug-likeness (QED) is 0.773. The van der Waals surface area contributed by atoms with Gasteiger partial charge in [0.2, 0.25) is 0 Å². The molecule has 1 aromatic rings. The van der Waals surface area contributed by atoms with Gasteiger partial charge >= 0.3 is 5.97 Å². The fourth-order valence-corrected chi connectivity index (χ4v) is 1.20. The summed E-state index contributed by atoms with van der Waals surface area (Å²) in [5.41, 5.74) is 0.502. The Kier molecular flexibility index (Phi) is 4.79. The lowest BCUT2D eigenvalue weighted by atomic mass is 10.1. The van der Waals surface area contributed by atoms with Crippen LogP contribution in [0.5, 0.6) is 5.75 Å². The zero-order chi connectivity index (χ0) is 12.0. The zero-order valence-electron chi connectivity index (χ0n) is 9.47. The molecule has 0 saturated carbocycles. The van der Waals surface area contributed by atoms with Crippen LogP contribution in [0.15, 0.2) is 24.3 Å². The monoisotopic (exact) mass is 224 g/mol. The number of hydrogen-bond acceptors (Lipinski definition) is 4. The van der Waals surface area contributed by atoms with Crippen molar-refractivity contribution < 1.29 is 19.4 Å². The maximum Gasteiger partial charge on any atom is 0.339 e. The normalized spacial score (nSPS) is 11.9. The van der Waals surface area contributed by atoms with Crippen molar-refractivity contribution in [3.05, 3.63) is 29.8 Å². The van der Waals surface area contributed by atoms with E-state index in [0.29, 0.717) is 17.9 Å². The van der Waals surface area contributed by atoms with Gasteiger partial charge in [0.1, 0.15) is 5.75 Å². The van der Waals surface area contributed by atoms with E-state index in [1.165, 1.54) is 0 Å². The molecule has 0 radical (unpaired) electrons. The van der Waals surface area contributed by atoms with Crippen LogP contribution in [0.3, 0.4) is 0 Å². The average Bonchev–Trinajstić information content (AvgIpc) is 2.35. The Hall–Kier alpha value is -1.55. The summed E-state index contributed by atoms with van der Waals surface area (Å²) >= 11 is 0. The number of rotatable bonds is 5. The van der Waals surface area contributed by atoms with Crippen LogP contribution in [0.4, 0.5) is 0 Å². The number of ether oxygens (including phenoxy) is 2. The van der Waals surface area contributed by atoms with Crippen LogP contribution in [-0.2, 0) is 9.53 Å². The predicted molar refractivity (Wildman–Crippen MR) is 59.2 cm³/mol. The topological polar surface area (TPSA) is 55.8 Å². The molecule has 1 aromatic carbocycles. The molecule has 88 valence electrons. The molecule has 1 atom stereocenters. The number of carbonyl (C=O) groups is 1. The van der Waals surface area contributed by atoms with Crippen molar-refractivity contribution in [3.8, 4) is 5.75 Å². The molecule has 0 aliphatic rings. The number of esters is 1. The number of aliphatic hydroxyl groups excluding tert-OH is 1. The predicted octanol–water partition coefficient (Wildman–Crippen LogP) is 1.68. The van der Waals surface area contributed by atoms with Crippen LogP contribution < -0.4 is 4.74 Å². The first-order valence-electron chi connectivity index (χ1n) is 5.17. The lowest BCUT2D eigenvalue weighted by Gasteiger charge is -2.10. The number of aliphatic hydroxyl groups is 1. The van der Waals surface area contributed by atoms with E-state index in [-0.39, 0.29) is 0 Å². The molecular formula is C12H16O4. The van der Waals surface area contributed by atoms with Gasteiger partial charge in [0.15, 0.2) is 6.10 Å². The number of benzene rings is 1. The minimum atomic E-state index is -1.22. The average molecular weight is 224 g/mol. The van der Waals surface area contributed by atoms with Crippen molar-refractivity contribution in [1.82, 2.24) is 0 Å². The van der Waals surface area contributed by atoms with E-state index >= 15 is 0 Å². The summed E-state index contributed by atoms with van der Waals surface area (Å²) in [6, 6.07) is 6.64. The molecule has 1 unspecified atom stereocenters. The first-order chi connectivity index (χ1) is 7.69. The summed E-state index contributed by atoms with van der Waals surface area (Å²) in [7, 11) is 1.56. The van der Waals surface area contributed by atoms with Gasteiger partial charge in [0, 0.05) is 0 Å². The molecule has 0 heterocycles. The first-order valence-corrected chi connectivity index (χ1v) is 5.17. The molecule has 0 aromatic heterocycles. The van der Waals surface area contributed by atoms with Crippen LogP contribution in [0.1, 0.15) is 25.0 Å². The highest BCUT2D eigenvalue weighted by atomic mass is 16.5. The van der Waals surface area contributed by atoms with Crippen molar-refractivity contribution >= 4 is 5.97 Å². The molecule has 0 saturated heterocycles. The van der Waals surface area contributed by atoms with Gasteiger partial charge in [-0.3, -0.25) is 0 Å². The second kappa shape index (κ2) is 6.12. The van der Waals surface area contributed by atoms with Crippen molar-refractivity contribution in [1.29, 1.82) is 0 Å². The third-order valence-electron chi connectivity index (χ3n) is 2.10. The third kappa shape index (κ3) is 3.24. The van der Waals surface area contributed by atoms with Crippen molar-refractivity contribution in [2.45, 2.75) is 19.4 Å². The number of methoxy groups -OCH3 is 1.